The zero-order valence-corrected chi connectivity index (χ0v) is 13.6. The first-order valence-corrected chi connectivity index (χ1v) is 8.03. The van der Waals surface area contributed by atoms with Gasteiger partial charge in [-0.3, -0.25) is 9.59 Å². The summed E-state index contributed by atoms with van der Waals surface area (Å²) in [5.41, 5.74) is 2.49. The largest absolute Gasteiger partial charge is 0.474 e. The van der Waals surface area contributed by atoms with E-state index in [1.54, 1.807) is 17.2 Å². The van der Waals surface area contributed by atoms with Crippen molar-refractivity contribution in [1.82, 2.24) is 4.98 Å². The van der Waals surface area contributed by atoms with Crippen molar-refractivity contribution >= 4 is 23.2 Å². The Balaban J connectivity index is 1.74. The first-order chi connectivity index (χ1) is 12.0. The van der Waals surface area contributed by atoms with Gasteiger partial charge in [-0.2, -0.15) is 0 Å². The first kappa shape index (κ1) is 15.6. The van der Waals surface area contributed by atoms with Crippen LogP contribution in [0.2, 0.25) is 0 Å². The minimum Gasteiger partial charge on any atom is -0.474 e. The van der Waals surface area contributed by atoms with Gasteiger partial charge >= 0.3 is 0 Å². The molecule has 0 fully saturated rings. The second kappa shape index (κ2) is 5.84. The van der Waals surface area contributed by atoms with Crippen molar-refractivity contribution in [2.45, 2.75) is 19.3 Å². The maximum Gasteiger partial charge on any atom is 0.238 e. The van der Waals surface area contributed by atoms with E-state index in [1.165, 1.54) is 12.1 Å². The number of halogens is 1. The molecule has 1 unspecified atom stereocenters. The van der Waals surface area contributed by atoms with Crippen molar-refractivity contribution in [3.05, 3.63) is 47.4 Å². The molecule has 1 atom stereocenters. The number of pyridine rings is 1. The van der Waals surface area contributed by atoms with E-state index >= 15 is 0 Å². The second-order valence-electron chi connectivity index (χ2n) is 6.21. The summed E-state index contributed by atoms with van der Waals surface area (Å²) >= 11 is 0. The minimum absolute atomic E-state index is 0.0312. The molecule has 3 heterocycles. The lowest BCUT2D eigenvalue weighted by molar-refractivity contribution is -0.124. The number of hydrogen-bond donors (Lipinski definition) is 1. The SMILES string of the molecule is Cc1cnc2c(c1)N(C(=O)C1CC(=O)Nc3cc(F)ccc31)CCO2. The smallest absolute Gasteiger partial charge is 0.238 e. The number of nitrogens with zero attached hydrogens (tertiary/aromatic N) is 2. The predicted octanol–water partition coefficient (Wildman–Crippen LogP) is 2.38. The minimum atomic E-state index is -0.657. The molecule has 0 aliphatic carbocycles. The summed E-state index contributed by atoms with van der Waals surface area (Å²) < 4.78 is 19.0. The molecule has 1 aromatic heterocycles. The summed E-state index contributed by atoms with van der Waals surface area (Å²) in [7, 11) is 0. The van der Waals surface area contributed by atoms with Crippen LogP contribution in [-0.2, 0) is 9.59 Å². The van der Waals surface area contributed by atoms with Gasteiger partial charge < -0.3 is 15.0 Å². The molecule has 0 spiro atoms. The van der Waals surface area contributed by atoms with Crippen LogP contribution in [0.1, 0.15) is 23.5 Å². The van der Waals surface area contributed by atoms with E-state index in [2.05, 4.69) is 10.3 Å². The molecule has 4 rings (SSSR count). The molecule has 0 saturated carbocycles. The number of carbonyl (C=O) groups excluding carboxylic acids is 2. The molecule has 0 radical (unpaired) electrons. The summed E-state index contributed by atoms with van der Waals surface area (Å²) in [5, 5.41) is 2.63. The van der Waals surface area contributed by atoms with Gasteiger partial charge in [0.2, 0.25) is 17.7 Å². The Morgan fingerprint density at radius 3 is 3.08 bits per heavy atom. The molecular weight excluding hydrogens is 325 g/mol. The van der Waals surface area contributed by atoms with Gasteiger partial charge in [-0.05, 0) is 36.2 Å². The topological polar surface area (TPSA) is 71.5 Å². The molecule has 6 nitrogen and oxygen atoms in total. The number of fused-ring (bicyclic) bond motifs is 2. The van der Waals surface area contributed by atoms with Gasteiger partial charge in [-0.1, -0.05) is 6.07 Å². The van der Waals surface area contributed by atoms with Crippen LogP contribution in [0.25, 0.3) is 0 Å². The van der Waals surface area contributed by atoms with Crippen LogP contribution in [0, 0.1) is 12.7 Å². The van der Waals surface area contributed by atoms with E-state index in [4.69, 9.17) is 4.74 Å². The van der Waals surface area contributed by atoms with E-state index in [-0.39, 0.29) is 18.2 Å². The average molecular weight is 341 g/mol. The summed E-state index contributed by atoms with van der Waals surface area (Å²) in [6.45, 7) is 2.60. The van der Waals surface area contributed by atoms with Gasteiger partial charge in [0, 0.05) is 18.3 Å². The van der Waals surface area contributed by atoms with Crippen LogP contribution in [0.3, 0.4) is 0 Å². The molecule has 0 saturated heterocycles. The zero-order chi connectivity index (χ0) is 17.6. The number of rotatable bonds is 1. The Labute approximate surface area is 143 Å². The highest BCUT2D eigenvalue weighted by Crippen LogP contribution is 2.37. The van der Waals surface area contributed by atoms with E-state index in [1.807, 2.05) is 13.0 Å². The fourth-order valence-corrected chi connectivity index (χ4v) is 3.27. The molecule has 2 aliphatic heterocycles. The van der Waals surface area contributed by atoms with Crippen molar-refractivity contribution in [1.29, 1.82) is 0 Å². The fraction of sp³-hybridized carbons (Fsp3) is 0.278. The molecule has 2 amide bonds. The molecule has 1 N–H and O–H groups in total. The first-order valence-electron chi connectivity index (χ1n) is 8.03. The number of aromatic nitrogens is 1. The lowest BCUT2D eigenvalue weighted by Crippen LogP contribution is -2.43. The molecular formula is C18H16FN3O3. The quantitative estimate of drug-likeness (QED) is 0.864. The number of benzene rings is 1. The van der Waals surface area contributed by atoms with E-state index in [0.717, 1.165) is 5.56 Å². The summed E-state index contributed by atoms with van der Waals surface area (Å²) in [5.74, 6) is -1.21. The normalized spacial score (nSPS) is 18.7. The maximum atomic E-state index is 13.5. The summed E-state index contributed by atoms with van der Waals surface area (Å²) in [6.07, 6.45) is 1.71. The number of nitrogens with one attached hydrogen (secondary N) is 1. The monoisotopic (exact) mass is 341 g/mol. The van der Waals surface area contributed by atoms with Crippen LogP contribution >= 0.6 is 0 Å². The zero-order valence-electron chi connectivity index (χ0n) is 13.6. The Morgan fingerprint density at radius 1 is 1.40 bits per heavy atom. The molecule has 2 aromatic rings. The lowest BCUT2D eigenvalue weighted by Gasteiger charge is -2.33. The average Bonchev–Trinajstić information content (AvgIpc) is 2.59. The molecule has 7 heteroatoms. The Bertz CT molecular complexity index is 884. The molecule has 1 aromatic carbocycles. The third-order valence-corrected chi connectivity index (χ3v) is 4.43. The van der Waals surface area contributed by atoms with Gasteiger partial charge in [0.1, 0.15) is 18.1 Å². The van der Waals surface area contributed by atoms with Gasteiger partial charge in [0.25, 0.3) is 0 Å². The third kappa shape index (κ3) is 2.71. The van der Waals surface area contributed by atoms with Crippen LogP contribution in [0.15, 0.2) is 30.5 Å². The second-order valence-corrected chi connectivity index (χ2v) is 6.21. The van der Waals surface area contributed by atoms with Gasteiger partial charge in [-0.15, -0.1) is 0 Å². The third-order valence-electron chi connectivity index (χ3n) is 4.43. The number of anilines is 2. The van der Waals surface area contributed by atoms with Gasteiger partial charge in [0.15, 0.2) is 0 Å². The lowest BCUT2D eigenvalue weighted by atomic mass is 9.89. The number of carbonyl (C=O) groups is 2. The number of amides is 2. The Kier molecular flexibility index (Phi) is 3.63. The Hall–Kier alpha value is -2.96. The molecule has 128 valence electrons. The summed E-state index contributed by atoms with van der Waals surface area (Å²) in [6, 6.07) is 5.94. The van der Waals surface area contributed by atoms with Crippen LogP contribution in [0.5, 0.6) is 5.88 Å². The highest BCUT2D eigenvalue weighted by molar-refractivity contribution is 6.06. The van der Waals surface area contributed by atoms with Crippen molar-refractivity contribution < 1.29 is 18.7 Å². The van der Waals surface area contributed by atoms with Crippen LogP contribution in [0.4, 0.5) is 15.8 Å². The maximum absolute atomic E-state index is 13.5. The number of aryl methyl sites for hydroxylation is 1. The fourth-order valence-electron chi connectivity index (χ4n) is 3.27. The predicted molar refractivity (Wildman–Crippen MR) is 89.2 cm³/mol. The molecule has 25 heavy (non-hydrogen) atoms. The van der Waals surface area contributed by atoms with Crippen molar-refractivity contribution in [3.63, 3.8) is 0 Å². The van der Waals surface area contributed by atoms with Gasteiger partial charge in [0.05, 0.1) is 12.5 Å². The van der Waals surface area contributed by atoms with Crippen LogP contribution < -0.4 is 15.0 Å². The number of hydrogen-bond acceptors (Lipinski definition) is 4. The highest BCUT2D eigenvalue weighted by atomic mass is 19.1. The van der Waals surface area contributed by atoms with Crippen LogP contribution in [-0.4, -0.2) is 29.9 Å². The van der Waals surface area contributed by atoms with Crippen molar-refractivity contribution in [2.24, 2.45) is 0 Å². The van der Waals surface area contributed by atoms with E-state index in [0.29, 0.717) is 36.0 Å². The van der Waals surface area contributed by atoms with E-state index in [9.17, 15) is 14.0 Å². The van der Waals surface area contributed by atoms with Gasteiger partial charge in [-0.25, -0.2) is 9.37 Å². The number of ether oxygens (including phenoxy) is 1. The molecule has 2 aliphatic rings. The summed E-state index contributed by atoms with van der Waals surface area (Å²) in [4.78, 5) is 31.0. The molecule has 0 bridgehead atoms. The standard InChI is InChI=1S/C18H16FN3O3/c1-10-6-15-17(20-9-10)25-5-4-22(15)18(24)13-8-16(23)21-14-7-11(19)2-3-12(13)14/h2-3,6-7,9,13H,4-5,8H2,1H3,(H,21,23). The highest BCUT2D eigenvalue weighted by Gasteiger charge is 2.36. The van der Waals surface area contributed by atoms with Crippen molar-refractivity contribution in [3.8, 4) is 5.88 Å². The Morgan fingerprint density at radius 2 is 2.24 bits per heavy atom. The van der Waals surface area contributed by atoms with E-state index < -0.39 is 11.7 Å². The van der Waals surface area contributed by atoms with Crippen molar-refractivity contribution in [2.75, 3.05) is 23.4 Å².